The average Bonchev–Trinajstić information content (AvgIpc) is 2.32. The van der Waals surface area contributed by atoms with E-state index in [1.807, 2.05) is 6.92 Å². The van der Waals surface area contributed by atoms with Gasteiger partial charge in [0.05, 0.1) is 24.9 Å². The molecule has 0 aliphatic carbocycles. The number of hydrogen-bond donors (Lipinski definition) is 2. The van der Waals surface area contributed by atoms with Crippen LogP contribution in [-0.4, -0.2) is 18.1 Å². The molecule has 5 nitrogen and oxygen atoms in total. The van der Waals surface area contributed by atoms with E-state index >= 15 is 0 Å². The molecular formula is C7H11N3O2. The lowest BCUT2D eigenvalue weighted by Crippen LogP contribution is -2.12. The summed E-state index contributed by atoms with van der Waals surface area (Å²) in [6.45, 7) is 1.81. The minimum Gasteiger partial charge on any atom is -0.479 e. The van der Waals surface area contributed by atoms with Crippen LogP contribution in [0.5, 0.6) is 5.88 Å². The molecule has 1 heterocycles. The summed E-state index contributed by atoms with van der Waals surface area (Å²) in [4.78, 5) is 0. The smallest absolute Gasteiger partial charge is 0.257 e. The Hall–Kier alpha value is -1.52. The first kappa shape index (κ1) is 8.58. The fourth-order valence-corrected chi connectivity index (χ4v) is 0.881. The van der Waals surface area contributed by atoms with Gasteiger partial charge in [0, 0.05) is 0 Å². The molecule has 3 N–H and O–H groups in total. The molecule has 0 atom stereocenters. The summed E-state index contributed by atoms with van der Waals surface area (Å²) in [5.41, 5.74) is 6.00. The molecule has 0 aliphatic rings. The van der Waals surface area contributed by atoms with Crippen molar-refractivity contribution in [2.24, 2.45) is 5.73 Å². The number of rotatable bonds is 3. The maximum Gasteiger partial charge on any atom is 0.257 e. The Morgan fingerprint density at radius 3 is 2.83 bits per heavy atom. The Morgan fingerprint density at radius 1 is 1.75 bits per heavy atom. The zero-order chi connectivity index (χ0) is 9.14. The summed E-state index contributed by atoms with van der Waals surface area (Å²) in [5.74, 6) is 1.09. The van der Waals surface area contributed by atoms with Crippen LogP contribution in [0.3, 0.4) is 0 Å². The zero-order valence-corrected chi connectivity index (χ0v) is 7.05. The second kappa shape index (κ2) is 3.25. The summed E-state index contributed by atoms with van der Waals surface area (Å²) in [6, 6.07) is 0. The normalized spacial score (nSPS) is 9.83. The number of amidine groups is 1. The van der Waals surface area contributed by atoms with Crippen LogP contribution in [0, 0.1) is 12.3 Å². The minimum atomic E-state index is 0.0527. The molecule has 0 fully saturated rings. The summed E-state index contributed by atoms with van der Waals surface area (Å²) in [5, 5.41) is 10.7. The van der Waals surface area contributed by atoms with Crippen LogP contribution in [-0.2, 0) is 6.42 Å². The van der Waals surface area contributed by atoms with Gasteiger partial charge in [0.1, 0.15) is 0 Å². The fraction of sp³-hybridized carbons (Fsp3) is 0.429. The monoisotopic (exact) mass is 169 g/mol. The van der Waals surface area contributed by atoms with Crippen molar-refractivity contribution in [1.82, 2.24) is 5.16 Å². The summed E-state index contributed by atoms with van der Waals surface area (Å²) < 4.78 is 9.79. The van der Waals surface area contributed by atoms with E-state index in [-0.39, 0.29) is 12.3 Å². The number of hydrogen-bond acceptors (Lipinski definition) is 4. The van der Waals surface area contributed by atoms with E-state index in [0.717, 1.165) is 5.56 Å². The molecule has 1 aromatic heterocycles. The second-order valence-corrected chi connectivity index (χ2v) is 2.44. The highest BCUT2D eigenvalue weighted by atomic mass is 16.5. The lowest BCUT2D eigenvalue weighted by atomic mass is 10.2. The maximum absolute atomic E-state index is 7.04. The summed E-state index contributed by atoms with van der Waals surface area (Å²) >= 11 is 0. The van der Waals surface area contributed by atoms with E-state index < -0.39 is 0 Å². The van der Waals surface area contributed by atoms with E-state index in [1.165, 1.54) is 7.11 Å². The second-order valence-electron chi connectivity index (χ2n) is 2.44. The molecule has 1 rings (SSSR count). The number of nitrogens with zero attached hydrogens (tertiary/aromatic N) is 1. The Kier molecular flexibility index (Phi) is 2.32. The van der Waals surface area contributed by atoms with Crippen molar-refractivity contribution in [3.8, 4) is 5.88 Å². The molecule has 5 heteroatoms. The molecular weight excluding hydrogens is 158 g/mol. The van der Waals surface area contributed by atoms with Gasteiger partial charge in [0.2, 0.25) is 0 Å². The molecule has 0 aliphatic heterocycles. The molecule has 0 radical (unpaired) electrons. The first-order valence-electron chi connectivity index (χ1n) is 3.47. The Morgan fingerprint density at radius 2 is 2.42 bits per heavy atom. The van der Waals surface area contributed by atoms with Crippen molar-refractivity contribution in [3.05, 3.63) is 11.3 Å². The molecule has 1 aromatic rings. The first-order valence-corrected chi connectivity index (χ1v) is 3.47. The van der Waals surface area contributed by atoms with Gasteiger partial charge in [-0.2, -0.15) is 0 Å². The fourth-order valence-electron chi connectivity index (χ4n) is 0.881. The maximum atomic E-state index is 7.04. The molecule has 0 bridgehead atoms. The third-order valence-electron chi connectivity index (χ3n) is 1.52. The van der Waals surface area contributed by atoms with Gasteiger partial charge < -0.3 is 15.0 Å². The molecule has 0 spiro atoms. The van der Waals surface area contributed by atoms with Crippen molar-refractivity contribution in [2.45, 2.75) is 13.3 Å². The van der Waals surface area contributed by atoms with E-state index in [9.17, 15) is 0 Å². The number of methoxy groups -OCH3 is 1. The van der Waals surface area contributed by atoms with Crippen LogP contribution in [0.1, 0.15) is 11.3 Å². The van der Waals surface area contributed by atoms with E-state index in [2.05, 4.69) is 5.16 Å². The quantitative estimate of drug-likeness (QED) is 0.508. The third-order valence-corrected chi connectivity index (χ3v) is 1.52. The molecule has 0 unspecified atom stereocenters. The lowest BCUT2D eigenvalue weighted by Gasteiger charge is -1.94. The van der Waals surface area contributed by atoms with Crippen molar-refractivity contribution < 1.29 is 9.26 Å². The van der Waals surface area contributed by atoms with E-state index in [1.54, 1.807) is 0 Å². The molecule has 12 heavy (non-hydrogen) atoms. The van der Waals surface area contributed by atoms with Gasteiger partial charge in [-0.05, 0) is 12.1 Å². The van der Waals surface area contributed by atoms with Crippen LogP contribution < -0.4 is 10.5 Å². The van der Waals surface area contributed by atoms with Crippen LogP contribution in [0.4, 0.5) is 0 Å². The molecule has 0 saturated heterocycles. The van der Waals surface area contributed by atoms with Crippen LogP contribution in [0.2, 0.25) is 0 Å². The van der Waals surface area contributed by atoms with Gasteiger partial charge in [0.25, 0.3) is 5.88 Å². The lowest BCUT2D eigenvalue weighted by molar-refractivity contribution is 0.329. The largest absolute Gasteiger partial charge is 0.479 e. The summed E-state index contributed by atoms with van der Waals surface area (Å²) in [7, 11) is 1.52. The first-order chi connectivity index (χ1) is 5.65. The van der Waals surface area contributed by atoms with Gasteiger partial charge in [-0.3, -0.25) is 5.41 Å². The van der Waals surface area contributed by atoms with Crippen LogP contribution in [0.25, 0.3) is 0 Å². The van der Waals surface area contributed by atoms with Gasteiger partial charge in [-0.25, -0.2) is 0 Å². The van der Waals surface area contributed by atoms with Gasteiger partial charge >= 0.3 is 0 Å². The van der Waals surface area contributed by atoms with Crippen LogP contribution in [0.15, 0.2) is 4.52 Å². The Balaban J connectivity index is 2.87. The predicted molar refractivity (Wildman–Crippen MR) is 43.4 cm³/mol. The zero-order valence-electron chi connectivity index (χ0n) is 7.05. The molecule has 0 aromatic carbocycles. The van der Waals surface area contributed by atoms with Crippen molar-refractivity contribution >= 4 is 5.84 Å². The third kappa shape index (κ3) is 1.55. The SMILES string of the molecule is COc1noc(CC(=N)N)c1C. The molecule has 66 valence electrons. The average molecular weight is 169 g/mol. The van der Waals surface area contributed by atoms with Gasteiger partial charge in [-0.1, -0.05) is 0 Å². The van der Waals surface area contributed by atoms with E-state index in [4.69, 9.17) is 20.4 Å². The van der Waals surface area contributed by atoms with Crippen molar-refractivity contribution in [3.63, 3.8) is 0 Å². The van der Waals surface area contributed by atoms with Gasteiger partial charge in [0.15, 0.2) is 5.76 Å². The number of aromatic nitrogens is 1. The number of ether oxygens (including phenoxy) is 1. The highest BCUT2D eigenvalue weighted by Gasteiger charge is 2.12. The van der Waals surface area contributed by atoms with Crippen LogP contribution >= 0.6 is 0 Å². The number of nitrogens with one attached hydrogen (secondary N) is 1. The minimum absolute atomic E-state index is 0.0527. The highest BCUT2D eigenvalue weighted by Crippen LogP contribution is 2.19. The van der Waals surface area contributed by atoms with Gasteiger partial charge in [-0.15, -0.1) is 0 Å². The van der Waals surface area contributed by atoms with E-state index in [0.29, 0.717) is 11.6 Å². The molecule has 0 amide bonds. The van der Waals surface area contributed by atoms with Crippen molar-refractivity contribution in [1.29, 1.82) is 5.41 Å². The number of nitrogens with two attached hydrogens (primary N) is 1. The summed E-state index contributed by atoms with van der Waals surface area (Å²) in [6.07, 6.45) is 0.280. The Labute approximate surface area is 70.0 Å². The molecule has 0 saturated carbocycles. The topological polar surface area (TPSA) is 85.1 Å². The standard InChI is InChI=1S/C7H11N3O2/c1-4-5(3-6(8)9)12-10-7(4)11-2/h3H2,1-2H3,(H3,8,9). The Bertz CT molecular complexity index is 293. The predicted octanol–water partition coefficient (Wildman–Crippen LogP) is 0.470. The highest BCUT2D eigenvalue weighted by molar-refractivity contribution is 5.79. The van der Waals surface area contributed by atoms with Crippen molar-refractivity contribution in [2.75, 3.05) is 7.11 Å².